The topological polar surface area (TPSA) is 12.5 Å². The average Bonchev–Trinajstić information content (AvgIpc) is 2.03. The van der Waals surface area contributed by atoms with Crippen molar-refractivity contribution in [1.82, 2.24) is 4.90 Å². The number of ether oxygens (including phenoxy) is 1. The van der Waals surface area contributed by atoms with Crippen molar-refractivity contribution in [2.75, 3.05) is 38.6 Å². The summed E-state index contributed by atoms with van der Waals surface area (Å²) < 4.78 is 5.21. The van der Waals surface area contributed by atoms with Gasteiger partial charge in [-0.1, -0.05) is 0 Å². The molecule has 1 saturated heterocycles. The van der Waals surface area contributed by atoms with E-state index in [1.165, 1.54) is 10.8 Å². The molecule has 63 valence electrons. The van der Waals surface area contributed by atoms with Crippen molar-refractivity contribution in [3.8, 4) is 0 Å². The first kappa shape index (κ1) is 12.7. The zero-order chi connectivity index (χ0) is 7.23. The molecular formula is C6H12NOS2Y-. The first-order valence-electron chi connectivity index (χ1n) is 3.48. The molecule has 0 aromatic rings. The molecule has 2 nitrogen and oxygen atoms in total. The molecule has 1 fully saturated rings. The molecule has 0 saturated carbocycles. The summed E-state index contributed by atoms with van der Waals surface area (Å²) in [7, 11) is 1.50. The standard InChI is InChI=1S/C6H13NOS2.Y/c9-10-6-3-7-1-4-8-5-2-7;/h9H,1-6H2;/p-1. The summed E-state index contributed by atoms with van der Waals surface area (Å²) >= 11 is 4.78. The van der Waals surface area contributed by atoms with Gasteiger partial charge in [-0.3, -0.25) is 4.90 Å². The smallest absolute Gasteiger partial charge is 0.0594 e. The van der Waals surface area contributed by atoms with Gasteiger partial charge >= 0.3 is 0 Å². The monoisotopic (exact) mass is 267 g/mol. The third kappa shape index (κ3) is 5.89. The summed E-state index contributed by atoms with van der Waals surface area (Å²) in [4.78, 5) is 2.39. The molecular weight excluding hydrogens is 255 g/mol. The quantitative estimate of drug-likeness (QED) is 0.545. The number of hydrogen-bond donors (Lipinski definition) is 0. The van der Waals surface area contributed by atoms with Crippen LogP contribution in [0.1, 0.15) is 0 Å². The fourth-order valence-corrected chi connectivity index (χ4v) is 1.55. The second kappa shape index (κ2) is 8.33. The van der Waals surface area contributed by atoms with Crippen LogP contribution >= 0.6 is 10.8 Å². The van der Waals surface area contributed by atoms with Crippen LogP contribution in [0.3, 0.4) is 0 Å². The molecule has 1 radical (unpaired) electrons. The Balaban J connectivity index is 0.000001000. The van der Waals surface area contributed by atoms with Crippen molar-refractivity contribution in [2.45, 2.75) is 0 Å². The van der Waals surface area contributed by atoms with Crippen LogP contribution in [0, 0.1) is 0 Å². The minimum absolute atomic E-state index is 0. The Morgan fingerprint density at radius 3 is 2.55 bits per heavy atom. The van der Waals surface area contributed by atoms with Crippen molar-refractivity contribution in [3.63, 3.8) is 0 Å². The van der Waals surface area contributed by atoms with Gasteiger partial charge < -0.3 is 27.2 Å². The number of rotatable bonds is 3. The van der Waals surface area contributed by atoms with E-state index >= 15 is 0 Å². The Morgan fingerprint density at radius 1 is 1.36 bits per heavy atom. The summed E-state index contributed by atoms with van der Waals surface area (Å²) in [5.41, 5.74) is 0. The van der Waals surface area contributed by atoms with E-state index in [0.717, 1.165) is 38.6 Å². The largest absolute Gasteiger partial charge is 0.719 e. The Kier molecular flexibility index (Phi) is 9.63. The van der Waals surface area contributed by atoms with Crippen molar-refractivity contribution in [2.24, 2.45) is 0 Å². The van der Waals surface area contributed by atoms with Crippen molar-refractivity contribution >= 4 is 22.5 Å². The fraction of sp³-hybridized carbons (Fsp3) is 1.00. The van der Waals surface area contributed by atoms with Crippen LogP contribution in [-0.2, 0) is 49.1 Å². The molecule has 0 amide bonds. The maximum atomic E-state index is 5.21. The summed E-state index contributed by atoms with van der Waals surface area (Å²) in [6, 6.07) is 0. The molecule has 11 heavy (non-hydrogen) atoms. The van der Waals surface area contributed by atoms with Gasteiger partial charge in [0.15, 0.2) is 0 Å². The minimum atomic E-state index is 0. The zero-order valence-corrected chi connectivity index (χ0v) is 11.0. The van der Waals surface area contributed by atoms with E-state index in [2.05, 4.69) is 4.90 Å². The molecule has 0 atom stereocenters. The summed E-state index contributed by atoms with van der Waals surface area (Å²) in [5.74, 6) is 1.06. The van der Waals surface area contributed by atoms with Gasteiger partial charge in [-0.2, -0.15) is 0 Å². The molecule has 0 aromatic carbocycles. The first-order valence-corrected chi connectivity index (χ1v) is 5.39. The molecule has 0 unspecified atom stereocenters. The predicted octanol–water partition coefficient (Wildman–Crippen LogP) is 0.511. The number of hydrogen-bond acceptors (Lipinski definition) is 4. The molecule has 0 bridgehead atoms. The van der Waals surface area contributed by atoms with Crippen LogP contribution < -0.4 is 0 Å². The Labute approximate surface area is 102 Å². The van der Waals surface area contributed by atoms with Gasteiger partial charge in [0.05, 0.1) is 13.2 Å². The molecule has 0 N–H and O–H groups in total. The Morgan fingerprint density at radius 2 is 2.00 bits per heavy atom. The Hall–Kier alpha value is 1.72. The third-order valence-corrected chi connectivity index (χ3v) is 2.44. The van der Waals surface area contributed by atoms with Crippen LogP contribution in [0.4, 0.5) is 0 Å². The van der Waals surface area contributed by atoms with E-state index in [4.69, 9.17) is 16.4 Å². The van der Waals surface area contributed by atoms with E-state index < -0.39 is 0 Å². The van der Waals surface area contributed by atoms with Gasteiger partial charge in [-0.05, 0) is 5.75 Å². The zero-order valence-electron chi connectivity index (χ0n) is 6.49. The number of morpholine rings is 1. The number of nitrogens with zero attached hydrogens (tertiary/aromatic N) is 1. The summed E-state index contributed by atoms with van der Waals surface area (Å²) in [5, 5.41) is 0. The van der Waals surface area contributed by atoms with Gasteiger partial charge in [0, 0.05) is 52.3 Å². The molecule has 1 rings (SSSR count). The maximum absolute atomic E-state index is 5.21. The molecule has 1 aliphatic rings. The summed E-state index contributed by atoms with van der Waals surface area (Å²) in [6.45, 7) is 5.06. The predicted molar refractivity (Wildman–Crippen MR) is 47.1 cm³/mol. The van der Waals surface area contributed by atoms with Gasteiger partial charge in [-0.25, -0.2) is 0 Å². The molecule has 0 aliphatic carbocycles. The maximum Gasteiger partial charge on any atom is 0.0594 e. The molecule has 1 aliphatic heterocycles. The van der Waals surface area contributed by atoms with Crippen LogP contribution in [0.2, 0.25) is 0 Å². The second-order valence-electron chi connectivity index (χ2n) is 2.28. The molecule has 0 aromatic heterocycles. The van der Waals surface area contributed by atoms with Crippen LogP contribution in [0.25, 0.3) is 0 Å². The normalized spacial score (nSPS) is 19.4. The molecule has 0 spiro atoms. The van der Waals surface area contributed by atoms with Crippen LogP contribution in [0.5, 0.6) is 0 Å². The van der Waals surface area contributed by atoms with E-state index in [0.29, 0.717) is 0 Å². The molecule has 1 heterocycles. The van der Waals surface area contributed by atoms with Gasteiger partial charge in [-0.15, -0.1) is 0 Å². The summed E-state index contributed by atoms with van der Waals surface area (Å²) in [6.07, 6.45) is 0. The third-order valence-electron chi connectivity index (χ3n) is 1.59. The first-order chi connectivity index (χ1) is 4.93. The van der Waals surface area contributed by atoms with Crippen molar-refractivity contribution in [1.29, 1.82) is 0 Å². The van der Waals surface area contributed by atoms with Gasteiger partial charge in [0.25, 0.3) is 0 Å². The van der Waals surface area contributed by atoms with E-state index in [-0.39, 0.29) is 32.7 Å². The van der Waals surface area contributed by atoms with Gasteiger partial charge in [0.2, 0.25) is 0 Å². The SMILES string of the molecule is [S-]SCCN1CCOCC1.[Y]. The van der Waals surface area contributed by atoms with Crippen LogP contribution in [0.15, 0.2) is 0 Å². The van der Waals surface area contributed by atoms with E-state index in [1.807, 2.05) is 0 Å². The minimum Gasteiger partial charge on any atom is -0.719 e. The second-order valence-corrected chi connectivity index (χ2v) is 3.63. The van der Waals surface area contributed by atoms with E-state index in [1.54, 1.807) is 0 Å². The Bertz CT molecular complexity index is 90.7. The average molecular weight is 267 g/mol. The van der Waals surface area contributed by atoms with Crippen molar-refractivity contribution in [3.05, 3.63) is 0 Å². The van der Waals surface area contributed by atoms with Crippen molar-refractivity contribution < 1.29 is 37.4 Å². The fourth-order valence-electron chi connectivity index (χ4n) is 0.991. The van der Waals surface area contributed by atoms with Gasteiger partial charge in [0.1, 0.15) is 0 Å². The molecule has 5 heteroatoms. The van der Waals surface area contributed by atoms with E-state index in [9.17, 15) is 0 Å². The van der Waals surface area contributed by atoms with Crippen LogP contribution in [-0.4, -0.2) is 43.5 Å².